The maximum absolute atomic E-state index is 14.1. The molecule has 26 rings (SSSR count). The van der Waals surface area contributed by atoms with Gasteiger partial charge in [-0.25, -0.2) is 8.78 Å². The van der Waals surface area contributed by atoms with Crippen molar-refractivity contribution in [1.29, 1.82) is 0 Å². The Labute approximate surface area is 696 Å². The molecular weight excluding hydrogens is 1880 g/mol. The lowest BCUT2D eigenvalue weighted by atomic mass is 10.2. The molecule has 8 aromatic carbocycles. The highest BCUT2D eigenvalue weighted by molar-refractivity contribution is 9.11. The van der Waals surface area contributed by atoms with Gasteiger partial charge in [0.25, 0.3) is 0 Å². The fourth-order valence-corrected chi connectivity index (χ4v) is 39.3. The molecule has 107 heavy (non-hydrogen) atoms. The van der Waals surface area contributed by atoms with Gasteiger partial charge in [-0.05, 0) is 174 Å². The molecule has 26 aromatic rings. The second kappa shape index (κ2) is 24.1. The molecule has 0 radical (unpaired) electrons. The van der Waals surface area contributed by atoms with Crippen LogP contribution in [0.4, 0.5) is 8.78 Å². The fraction of sp³-hybridized carbons (Fsp3) is 0.0361. The molecule has 0 aliphatic rings. The molecule has 0 aliphatic heterocycles. The van der Waals surface area contributed by atoms with Crippen molar-refractivity contribution in [2.45, 2.75) is 20.8 Å². The number of aromatic nitrogens is 3. The monoisotopic (exact) mass is 1910 g/mol. The van der Waals surface area contributed by atoms with Crippen molar-refractivity contribution in [2.24, 2.45) is 0 Å². The summed E-state index contributed by atoms with van der Waals surface area (Å²) in [5.74, 6) is -0.385. The molecule has 3 nitrogen and oxygen atoms in total. The summed E-state index contributed by atoms with van der Waals surface area (Å²) in [6, 6.07) is 59.6. The van der Waals surface area contributed by atoms with Gasteiger partial charge in [0.15, 0.2) is 0 Å². The van der Waals surface area contributed by atoms with E-state index < -0.39 is 0 Å². The van der Waals surface area contributed by atoms with E-state index in [0.717, 1.165) is 40.3 Å². The van der Waals surface area contributed by atoms with Gasteiger partial charge in [0, 0.05) is 86.5 Å². The van der Waals surface area contributed by atoms with Crippen LogP contribution in [-0.2, 0) is 0 Å². The summed E-state index contributed by atoms with van der Waals surface area (Å²) in [6.07, 6.45) is 0. The van der Waals surface area contributed by atoms with Crippen molar-refractivity contribution in [1.82, 2.24) is 13.7 Å². The van der Waals surface area contributed by atoms with Crippen LogP contribution in [0.2, 0.25) is 0 Å². The van der Waals surface area contributed by atoms with E-state index in [1.807, 2.05) is 160 Å². The number of benzene rings is 8. The number of thiophene rings is 15. The summed E-state index contributed by atoms with van der Waals surface area (Å²) in [5, 5.41) is 7.69. The van der Waals surface area contributed by atoms with Gasteiger partial charge < -0.3 is 13.7 Å². The Hall–Kier alpha value is -5.92. The molecule has 0 N–H and O–H groups in total. The van der Waals surface area contributed by atoms with Crippen molar-refractivity contribution in [3.63, 3.8) is 0 Å². The van der Waals surface area contributed by atoms with E-state index in [1.165, 1.54) is 207 Å². The predicted octanol–water partition coefficient (Wildman–Crippen LogP) is 35.7. The van der Waals surface area contributed by atoms with Crippen molar-refractivity contribution in [3.05, 3.63) is 215 Å². The van der Waals surface area contributed by atoms with E-state index in [9.17, 15) is 8.78 Å². The fourth-order valence-electron chi connectivity index (χ4n) is 15.5. The Bertz CT molecular complexity index is 8380. The summed E-state index contributed by atoms with van der Waals surface area (Å²) in [4.78, 5) is 0. The molecule has 0 saturated heterocycles. The van der Waals surface area contributed by atoms with Crippen LogP contribution in [0.15, 0.2) is 186 Å². The van der Waals surface area contributed by atoms with E-state index in [-0.39, 0.29) is 11.6 Å². The molecule has 24 heteroatoms. The third-order valence-corrected chi connectivity index (χ3v) is 42.3. The lowest BCUT2D eigenvalue weighted by molar-refractivity contribution is 0.629. The maximum Gasteiger partial charge on any atom is 0.124 e. The Kier molecular flexibility index (Phi) is 14.8. The Morgan fingerprint density at radius 3 is 1.16 bits per heavy atom. The summed E-state index contributed by atoms with van der Waals surface area (Å²) in [7, 11) is 0. The number of fused-ring (bicyclic) bond motifs is 36. The maximum atomic E-state index is 14.1. The van der Waals surface area contributed by atoms with Crippen LogP contribution < -0.4 is 0 Å². The number of hydrogen-bond acceptors (Lipinski definition) is 15. The predicted molar refractivity (Wildman–Crippen MR) is 501 cm³/mol. The molecule has 18 heterocycles. The van der Waals surface area contributed by atoms with Crippen LogP contribution in [0.1, 0.15) is 16.7 Å². The van der Waals surface area contributed by atoms with E-state index in [2.05, 4.69) is 232 Å². The van der Waals surface area contributed by atoms with Crippen LogP contribution in [0, 0.1) is 32.4 Å². The van der Waals surface area contributed by atoms with E-state index in [1.54, 1.807) is 46.9 Å². The molecule has 0 aliphatic carbocycles. The number of hydrogen-bond donors (Lipinski definition) is 0. The third-order valence-electron chi connectivity index (χ3n) is 20.3. The second-order valence-electron chi connectivity index (χ2n) is 26.8. The van der Waals surface area contributed by atoms with Crippen LogP contribution in [0.3, 0.4) is 0 Å². The Morgan fingerprint density at radius 1 is 0.224 bits per heavy atom. The average molecular weight is 1910 g/mol. The summed E-state index contributed by atoms with van der Waals surface area (Å²) >= 11 is 43.0. The van der Waals surface area contributed by atoms with Gasteiger partial charge in [0.2, 0.25) is 0 Å². The lowest BCUT2D eigenvalue weighted by Gasteiger charge is -2.08. The zero-order valence-electron chi connectivity index (χ0n) is 54.9. The molecule has 0 bridgehead atoms. The van der Waals surface area contributed by atoms with Crippen molar-refractivity contribution >= 4 is 431 Å². The van der Waals surface area contributed by atoms with Gasteiger partial charge in [0.05, 0.1) is 144 Å². The van der Waals surface area contributed by atoms with E-state index in [0.29, 0.717) is 0 Å². The molecule has 0 fully saturated rings. The largest absolute Gasteiger partial charge is 0.307 e. The molecule has 0 atom stereocenters. The first kappa shape index (κ1) is 65.8. The smallest absolute Gasteiger partial charge is 0.124 e. The average Bonchev–Trinajstić information content (AvgIpc) is 1.53. The number of nitrogens with zero attached hydrogens (tertiary/aromatic N) is 3. The number of aryl methyl sites for hydroxylation is 3. The summed E-state index contributed by atoms with van der Waals surface area (Å²) < 4.78 is 77.8. The normalized spacial score (nSPS) is 12.7. The molecule has 0 unspecified atom stereocenters. The molecular formula is C83H37Br4F2N3S15. The van der Waals surface area contributed by atoms with Gasteiger partial charge in [0.1, 0.15) is 11.6 Å². The minimum atomic E-state index is -0.200. The minimum Gasteiger partial charge on any atom is -0.307 e. The molecule has 0 saturated carbocycles. The first-order valence-electron chi connectivity index (χ1n) is 33.5. The topological polar surface area (TPSA) is 14.8 Å². The zero-order valence-corrected chi connectivity index (χ0v) is 73.5. The quantitative estimate of drug-likeness (QED) is 0.167. The molecule has 0 amide bonds. The van der Waals surface area contributed by atoms with E-state index >= 15 is 0 Å². The zero-order chi connectivity index (χ0) is 71.2. The first-order chi connectivity index (χ1) is 52.1. The standard InChI is InChI=1S/C29H13Br2NS5.C29H13F2NS5.C25H11Br2NS5/c1-12-2-6-15(7-3-12)32-18-10-13(30)4-8-16(18)21-20(32)23-25(34-21)27-29(36-23)28-26(37-27)24-22(35-28)17-9-5-14(31)11-19(17)33-24;1-12-2-6-15(7-3-12)32-20-16-8-4-13(30)10-18(16)33-23(20)24-21(32)25-27(36-24)29-28(37-25)26-22(35-29)17-9-5-14(31)11-19(17)34-26;1-10-2-4-11(5-3-10)28-14-6-13-15(29-25-22(13)31-17-9-19(27)33-24(17)25)7-12(14)21-20(28)23-16(30-21)8-18(26)32-23/h2*2-11H,1H3;2-9H,1H3. The van der Waals surface area contributed by atoms with Gasteiger partial charge in [-0.2, -0.15) is 0 Å². The van der Waals surface area contributed by atoms with Gasteiger partial charge in [-0.1, -0.05) is 97.1 Å². The SMILES string of the molecule is Cc1ccc(-n2c3c4ccc(F)cc4sc3c3sc4c5sc6c7ccc(F)cc7sc6c5sc4c32)cc1.Cc1ccc(-n2c3cc(Br)ccc3c3sc4c5sc6c7sc8cc(Br)ccc8c7sc6c5sc4c32)cc1.Cc1ccc(-n2c3cc4c(cc3c3sc5cc(Br)sc5c32)sc2c3sc(Br)cc3sc42)cc1. The first-order valence-corrected chi connectivity index (χ1v) is 48.9. The van der Waals surface area contributed by atoms with Crippen LogP contribution in [-0.4, -0.2) is 13.7 Å². The van der Waals surface area contributed by atoms with Crippen molar-refractivity contribution in [3.8, 4) is 17.1 Å². The highest BCUT2D eigenvalue weighted by Gasteiger charge is 2.30. The molecule has 18 aromatic heterocycles. The summed E-state index contributed by atoms with van der Waals surface area (Å²) in [5.41, 5.74) is 15.0. The van der Waals surface area contributed by atoms with E-state index in [4.69, 9.17) is 0 Å². The van der Waals surface area contributed by atoms with Gasteiger partial charge in [-0.3, -0.25) is 0 Å². The van der Waals surface area contributed by atoms with Crippen molar-refractivity contribution in [2.75, 3.05) is 0 Å². The second-order valence-corrected chi connectivity index (χ2v) is 46.9. The van der Waals surface area contributed by atoms with Crippen LogP contribution >= 0.6 is 234 Å². The highest BCUT2D eigenvalue weighted by Crippen LogP contribution is 2.61. The van der Waals surface area contributed by atoms with Gasteiger partial charge >= 0.3 is 0 Å². The molecule has 0 spiro atoms. The highest BCUT2D eigenvalue weighted by atomic mass is 79.9. The summed E-state index contributed by atoms with van der Waals surface area (Å²) in [6.45, 7) is 6.41. The Morgan fingerprint density at radius 2 is 0.570 bits per heavy atom. The number of rotatable bonds is 3. The minimum absolute atomic E-state index is 0.186. The van der Waals surface area contributed by atoms with Crippen LogP contribution in [0.5, 0.6) is 0 Å². The van der Waals surface area contributed by atoms with Crippen molar-refractivity contribution < 1.29 is 8.78 Å². The van der Waals surface area contributed by atoms with Crippen LogP contribution in [0.25, 0.3) is 214 Å². The third kappa shape index (κ3) is 9.64. The molecule has 516 valence electrons. The van der Waals surface area contributed by atoms with Gasteiger partial charge in [-0.15, -0.1) is 170 Å². The Balaban J connectivity index is 0.0000000950. The number of halogens is 6. The lowest BCUT2D eigenvalue weighted by Crippen LogP contribution is -1.93.